The molecule has 1 spiro atoms. The fourth-order valence-corrected chi connectivity index (χ4v) is 4.70. The van der Waals surface area contributed by atoms with E-state index in [1.807, 2.05) is 0 Å². The molecule has 1 aromatic heterocycles. The Morgan fingerprint density at radius 1 is 1.13 bits per heavy atom. The summed E-state index contributed by atoms with van der Waals surface area (Å²) in [5, 5.41) is 15.4. The van der Waals surface area contributed by atoms with Gasteiger partial charge in [0.2, 0.25) is 11.9 Å². The van der Waals surface area contributed by atoms with E-state index in [1.165, 1.54) is 26.2 Å². The third-order valence-electron chi connectivity index (χ3n) is 6.60. The molecule has 1 heterocycles. The van der Waals surface area contributed by atoms with E-state index in [-0.39, 0.29) is 35.8 Å². The number of alkyl halides is 3. The van der Waals surface area contributed by atoms with E-state index in [1.54, 1.807) is 0 Å². The average Bonchev–Trinajstić information content (AvgIpc) is 2.62. The summed E-state index contributed by atoms with van der Waals surface area (Å²) in [5.41, 5.74) is 0.534. The number of aliphatic hydroxyl groups is 1. The molecule has 1 unspecified atom stereocenters. The lowest BCUT2D eigenvalue weighted by atomic mass is 9.54. The highest BCUT2D eigenvalue weighted by molar-refractivity contribution is 5.65. The molecule has 1 aromatic rings. The highest BCUT2D eigenvalue weighted by atomic mass is 19.4. The molecular weight excluding hydrogens is 402 g/mol. The first-order valence-corrected chi connectivity index (χ1v) is 10.6. The molecule has 0 aromatic carbocycles. The molecule has 2 saturated carbocycles. The van der Waals surface area contributed by atoms with Crippen molar-refractivity contribution in [3.63, 3.8) is 0 Å². The standard InChI is InChI=1S/C20H27F4N5O/c1-2-14(20(22,23)24)26-18-28-16(12-5-3-6-13(30)15(12)21)27-17(29-18)25-11-9-19(10-11)7-4-8-19/h11,13-14,30H,2-10H2,1H3,(H2,25,26,27,28,29)/t13?,14-/m1/s1. The zero-order valence-corrected chi connectivity index (χ0v) is 16.9. The number of anilines is 2. The monoisotopic (exact) mass is 429 g/mol. The lowest BCUT2D eigenvalue weighted by Gasteiger charge is -2.54. The number of hydrogen-bond donors (Lipinski definition) is 3. The molecule has 4 rings (SSSR count). The first-order valence-electron chi connectivity index (χ1n) is 10.6. The molecule has 6 nitrogen and oxygen atoms in total. The maximum atomic E-state index is 14.5. The van der Waals surface area contributed by atoms with Gasteiger partial charge in [-0.3, -0.25) is 0 Å². The van der Waals surface area contributed by atoms with E-state index in [0.29, 0.717) is 24.7 Å². The van der Waals surface area contributed by atoms with Gasteiger partial charge in [-0.2, -0.15) is 28.1 Å². The van der Waals surface area contributed by atoms with Crippen LogP contribution in [0.1, 0.15) is 70.5 Å². The fraction of sp³-hybridized carbons (Fsp3) is 0.750. The molecule has 3 aliphatic rings. The summed E-state index contributed by atoms with van der Waals surface area (Å²) in [4.78, 5) is 12.5. The average molecular weight is 429 g/mol. The van der Waals surface area contributed by atoms with Crippen molar-refractivity contribution in [2.45, 2.75) is 89.1 Å². The van der Waals surface area contributed by atoms with Gasteiger partial charge < -0.3 is 15.7 Å². The van der Waals surface area contributed by atoms with E-state index in [9.17, 15) is 22.7 Å². The second-order valence-electron chi connectivity index (χ2n) is 8.79. The number of nitrogens with one attached hydrogen (secondary N) is 2. The summed E-state index contributed by atoms with van der Waals surface area (Å²) in [6.07, 6.45) is 0.872. The molecule has 0 bridgehead atoms. The summed E-state index contributed by atoms with van der Waals surface area (Å²) in [7, 11) is 0. The van der Waals surface area contributed by atoms with Gasteiger partial charge in [-0.05, 0) is 56.8 Å². The van der Waals surface area contributed by atoms with Crippen LogP contribution < -0.4 is 10.6 Å². The molecule has 3 N–H and O–H groups in total. The van der Waals surface area contributed by atoms with Gasteiger partial charge in [-0.1, -0.05) is 13.3 Å². The van der Waals surface area contributed by atoms with Gasteiger partial charge in [-0.15, -0.1) is 0 Å². The maximum absolute atomic E-state index is 14.5. The van der Waals surface area contributed by atoms with Crippen molar-refractivity contribution in [1.29, 1.82) is 0 Å². The summed E-state index contributed by atoms with van der Waals surface area (Å²) in [5.74, 6) is -0.853. The summed E-state index contributed by atoms with van der Waals surface area (Å²) >= 11 is 0. The third-order valence-corrected chi connectivity index (χ3v) is 6.60. The van der Waals surface area contributed by atoms with Crippen LogP contribution in [0.5, 0.6) is 0 Å². The van der Waals surface area contributed by atoms with Gasteiger partial charge in [0.05, 0.1) is 0 Å². The zero-order valence-electron chi connectivity index (χ0n) is 16.9. The second-order valence-corrected chi connectivity index (χ2v) is 8.79. The Morgan fingerprint density at radius 3 is 2.43 bits per heavy atom. The van der Waals surface area contributed by atoms with Crippen LogP contribution >= 0.6 is 0 Å². The molecule has 10 heteroatoms. The first-order chi connectivity index (χ1) is 14.2. The minimum atomic E-state index is -4.47. The smallest absolute Gasteiger partial charge is 0.386 e. The maximum Gasteiger partial charge on any atom is 0.408 e. The topological polar surface area (TPSA) is 83.0 Å². The third kappa shape index (κ3) is 4.24. The largest absolute Gasteiger partial charge is 0.408 e. The SMILES string of the molecule is CC[C@@H](Nc1nc(NC2CC3(CCC3)C2)nc(C2=C(F)C(O)CCC2)n1)C(F)(F)F. The van der Waals surface area contributed by atoms with Crippen LogP contribution in [0.4, 0.5) is 29.5 Å². The molecule has 0 amide bonds. The number of aliphatic hydroxyl groups excluding tert-OH is 1. The molecule has 0 saturated heterocycles. The van der Waals surface area contributed by atoms with E-state index < -0.39 is 24.1 Å². The van der Waals surface area contributed by atoms with Crippen molar-refractivity contribution in [2.75, 3.05) is 10.6 Å². The molecule has 30 heavy (non-hydrogen) atoms. The van der Waals surface area contributed by atoms with Gasteiger partial charge in [0, 0.05) is 11.6 Å². The Kier molecular flexibility index (Phi) is 5.63. The predicted molar refractivity (Wildman–Crippen MR) is 104 cm³/mol. The van der Waals surface area contributed by atoms with E-state index in [4.69, 9.17) is 0 Å². The van der Waals surface area contributed by atoms with Crippen molar-refractivity contribution < 1.29 is 22.7 Å². The van der Waals surface area contributed by atoms with Crippen LogP contribution in [0.3, 0.4) is 0 Å². The Balaban J connectivity index is 1.61. The highest BCUT2D eigenvalue weighted by Gasteiger charge is 2.48. The van der Waals surface area contributed by atoms with E-state index in [0.717, 1.165) is 12.8 Å². The first kappa shape index (κ1) is 21.3. The van der Waals surface area contributed by atoms with Crippen molar-refractivity contribution in [1.82, 2.24) is 15.0 Å². The number of rotatable bonds is 6. The van der Waals surface area contributed by atoms with E-state index in [2.05, 4.69) is 25.6 Å². The lowest BCUT2D eigenvalue weighted by molar-refractivity contribution is -0.143. The number of allylic oxidation sites excluding steroid dienone is 1. The minimum absolute atomic E-state index is 0.0269. The summed E-state index contributed by atoms with van der Waals surface area (Å²) in [6, 6.07) is -1.67. The normalized spacial score (nSPS) is 24.9. The Bertz CT molecular complexity index is 816. The predicted octanol–water partition coefficient (Wildman–Crippen LogP) is 4.59. The molecular formula is C20H27F4N5O. The fourth-order valence-electron chi connectivity index (χ4n) is 4.70. The quantitative estimate of drug-likeness (QED) is 0.574. The van der Waals surface area contributed by atoms with Crippen LogP contribution in [-0.4, -0.2) is 44.4 Å². The van der Waals surface area contributed by atoms with Crippen molar-refractivity contribution >= 4 is 17.5 Å². The summed E-state index contributed by atoms with van der Waals surface area (Å²) in [6.45, 7) is 1.42. The van der Waals surface area contributed by atoms with Crippen molar-refractivity contribution in [2.24, 2.45) is 5.41 Å². The van der Waals surface area contributed by atoms with Crippen LogP contribution in [-0.2, 0) is 0 Å². The van der Waals surface area contributed by atoms with Crippen LogP contribution in [0, 0.1) is 5.41 Å². The Morgan fingerprint density at radius 2 is 1.83 bits per heavy atom. The van der Waals surface area contributed by atoms with Gasteiger partial charge >= 0.3 is 6.18 Å². The highest BCUT2D eigenvalue weighted by Crippen LogP contribution is 2.56. The molecule has 0 radical (unpaired) electrons. The van der Waals surface area contributed by atoms with Crippen molar-refractivity contribution in [3.8, 4) is 0 Å². The molecule has 3 aliphatic carbocycles. The Labute approximate surface area is 172 Å². The van der Waals surface area contributed by atoms with Crippen LogP contribution in [0.15, 0.2) is 5.83 Å². The number of halogens is 4. The Hall–Kier alpha value is -1.97. The van der Waals surface area contributed by atoms with Crippen LogP contribution in [0.2, 0.25) is 0 Å². The minimum Gasteiger partial charge on any atom is -0.386 e. The number of nitrogens with zero attached hydrogens (tertiary/aromatic N) is 3. The van der Waals surface area contributed by atoms with Gasteiger partial charge in [0.1, 0.15) is 18.0 Å². The van der Waals surface area contributed by atoms with Crippen molar-refractivity contribution in [3.05, 3.63) is 11.7 Å². The van der Waals surface area contributed by atoms with Gasteiger partial charge in [0.15, 0.2) is 5.82 Å². The molecule has 166 valence electrons. The molecule has 2 fully saturated rings. The summed E-state index contributed by atoms with van der Waals surface area (Å²) < 4.78 is 54.2. The molecule has 0 aliphatic heterocycles. The molecule has 2 atom stereocenters. The van der Waals surface area contributed by atoms with E-state index >= 15 is 0 Å². The lowest BCUT2D eigenvalue weighted by Crippen LogP contribution is -2.49. The number of aromatic nitrogens is 3. The second kappa shape index (κ2) is 7.94. The number of hydrogen-bond acceptors (Lipinski definition) is 6. The van der Waals surface area contributed by atoms with Gasteiger partial charge in [-0.25, -0.2) is 4.39 Å². The van der Waals surface area contributed by atoms with Crippen LogP contribution in [0.25, 0.3) is 5.57 Å². The zero-order chi connectivity index (χ0) is 21.5. The van der Waals surface area contributed by atoms with Gasteiger partial charge in [0.25, 0.3) is 0 Å².